The molecule has 1 aromatic heterocycles. The lowest BCUT2D eigenvalue weighted by Gasteiger charge is -2.29. The van der Waals surface area contributed by atoms with E-state index in [0.29, 0.717) is 25.9 Å². The molecule has 1 amide bonds. The monoisotopic (exact) mass is 421 g/mol. The Kier molecular flexibility index (Phi) is 12.5. The van der Waals surface area contributed by atoms with Crippen molar-refractivity contribution in [2.75, 3.05) is 18.4 Å². The number of aromatic nitrogens is 2. The van der Waals surface area contributed by atoms with Crippen molar-refractivity contribution in [1.29, 1.82) is 0 Å². The van der Waals surface area contributed by atoms with Gasteiger partial charge in [-0.05, 0) is 32.6 Å². The van der Waals surface area contributed by atoms with E-state index in [4.69, 9.17) is 5.73 Å². The minimum Gasteiger partial charge on any atom is -0.391 e. The second-order valence-electron chi connectivity index (χ2n) is 6.87. The Morgan fingerprint density at radius 2 is 2.04 bits per heavy atom. The highest BCUT2D eigenvalue weighted by molar-refractivity contribution is 5.85. The Morgan fingerprint density at radius 3 is 2.70 bits per heavy atom. The smallest absolute Gasteiger partial charge is 0.223 e. The molecule has 1 heterocycles. The summed E-state index contributed by atoms with van der Waals surface area (Å²) in [4.78, 5) is 21.1. The minimum absolute atomic E-state index is 0. The quantitative estimate of drug-likeness (QED) is 0.477. The normalized spacial score (nSPS) is 21.6. The van der Waals surface area contributed by atoms with Crippen molar-refractivity contribution in [3.05, 3.63) is 17.6 Å². The molecule has 9 heteroatoms. The lowest BCUT2D eigenvalue weighted by molar-refractivity contribution is -0.127. The number of aryl methyl sites for hydroxylation is 2. The van der Waals surface area contributed by atoms with Crippen LogP contribution in [-0.2, 0) is 11.2 Å². The molecular weight excluding hydrogens is 389 g/mol. The number of aliphatic hydroxyl groups is 1. The Morgan fingerprint density at radius 1 is 1.30 bits per heavy atom. The maximum Gasteiger partial charge on any atom is 0.223 e. The summed E-state index contributed by atoms with van der Waals surface area (Å²) in [6, 6.07) is 1.71. The van der Waals surface area contributed by atoms with Gasteiger partial charge >= 0.3 is 0 Å². The van der Waals surface area contributed by atoms with Crippen LogP contribution in [0.25, 0.3) is 0 Å². The summed E-state index contributed by atoms with van der Waals surface area (Å²) >= 11 is 0. The molecule has 0 radical (unpaired) electrons. The molecule has 27 heavy (non-hydrogen) atoms. The number of unbranched alkanes of at least 4 members (excludes halogenated alkanes) is 1. The molecule has 2 rings (SSSR count). The Balaban J connectivity index is 0.00000338. The van der Waals surface area contributed by atoms with Crippen molar-refractivity contribution in [1.82, 2.24) is 15.3 Å². The molecule has 0 aromatic carbocycles. The van der Waals surface area contributed by atoms with Crippen molar-refractivity contribution in [3.63, 3.8) is 0 Å². The molecule has 0 bridgehead atoms. The third-order valence-electron chi connectivity index (χ3n) is 4.62. The number of rotatable bonds is 8. The third-order valence-corrected chi connectivity index (χ3v) is 4.62. The molecule has 156 valence electrons. The van der Waals surface area contributed by atoms with E-state index >= 15 is 0 Å². The fourth-order valence-corrected chi connectivity index (χ4v) is 3.10. The van der Waals surface area contributed by atoms with Crippen LogP contribution in [0.4, 0.5) is 5.82 Å². The number of amides is 1. The standard InChI is InChI=1S/C18H31N5O2.2ClH/c1-3-4-5-16-22-12(2)10-17(23-16)20-8-9-21-18(25)13-6-7-14(19)15(24)11-13;;/h10,13-15,24H,3-9,11,19H2,1-2H3,(H,21,25)(H,20,22,23);2*1H/t13-,14+,15+;;/m0../s1. The van der Waals surface area contributed by atoms with Crippen LogP contribution in [0, 0.1) is 12.8 Å². The van der Waals surface area contributed by atoms with E-state index in [0.717, 1.165) is 43.0 Å². The first-order chi connectivity index (χ1) is 12.0. The van der Waals surface area contributed by atoms with Crippen LogP contribution in [0.5, 0.6) is 0 Å². The number of halogens is 2. The zero-order chi connectivity index (χ0) is 18.2. The summed E-state index contributed by atoms with van der Waals surface area (Å²) in [7, 11) is 0. The van der Waals surface area contributed by atoms with Crippen molar-refractivity contribution < 1.29 is 9.90 Å². The lowest BCUT2D eigenvalue weighted by atomic mass is 9.84. The fourth-order valence-electron chi connectivity index (χ4n) is 3.10. The molecule has 5 N–H and O–H groups in total. The molecule has 1 saturated carbocycles. The highest BCUT2D eigenvalue weighted by Crippen LogP contribution is 2.23. The van der Waals surface area contributed by atoms with Crippen LogP contribution >= 0.6 is 24.8 Å². The summed E-state index contributed by atoms with van der Waals surface area (Å²) in [5.41, 5.74) is 6.72. The summed E-state index contributed by atoms with van der Waals surface area (Å²) in [5.74, 6) is 1.51. The molecular formula is C18H33Cl2N5O2. The minimum atomic E-state index is -0.576. The van der Waals surface area contributed by atoms with Crippen LogP contribution in [0.2, 0.25) is 0 Å². The number of hydrogen-bond donors (Lipinski definition) is 4. The van der Waals surface area contributed by atoms with Crippen LogP contribution in [0.15, 0.2) is 6.07 Å². The van der Waals surface area contributed by atoms with E-state index in [1.807, 2.05) is 13.0 Å². The number of anilines is 1. The number of carbonyl (C=O) groups is 1. The van der Waals surface area contributed by atoms with Gasteiger partial charge in [0.2, 0.25) is 5.91 Å². The fraction of sp³-hybridized carbons (Fsp3) is 0.722. The topological polar surface area (TPSA) is 113 Å². The van der Waals surface area contributed by atoms with Crippen LogP contribution in [-0.4, -0.2) is 46.2 Å². The van der Waals surface area contributed by atoms with E-state index in [1.54, 1.807) is 0 Å². The number of nitrogens with zero attached hydrogens (tertiary/aromatic N) is 2. The molecule has 1 aliphatic carbocycles. The molecule has 1 aliphatic rings. The number of nitrogens with two attached hydrogens (primary N) is 1. The zero-order valence-electron chi connectivity index (χ0n) is 16.1. The SMILES string of the molecule is CCCCc1nc(C)cc(NCCNC(=O)[C@H]2CC[C@@H](N)[C@H](O)C2)n1.Cl.Cl. The van der Waals surface area contributed by atoms with Gasteiger partial charge < -0.3 is 21.5 Å². The van der Waals surface area contributed by atoms with Gasteiger partial charge in [-0.1, -0.05) is 13.3 Å². The first-order valence-electron chi connectivity index (χ1n) is 9.29. The third kappa shape index (κ3) is 8.60. The van der Waals surface area contributed by atoms with Gasteiger partial charge in [0, 0.05) is 43.2 Å². The number of carbonyl (C=O) groups excluding carboxylic acids is 1. The second kappa shape index (κ2) is 13.1. The highest BCUT2D eigenvalue weighted by Gasteiger charge is 2.30. The van der Waals surface area contributed by atoms with Crippen LogP contribution in [0.1, 0.15) is 50.5 Å². The molecule has 0 unspecified atom stereocenters. The molecule has 0 spiro atoms. The lowest BCUT2D eigenvalue weighted by Crippen LogP contribution is -2.45. The summed E-state index contributed by atoms with van der Waals surface area (Å²) in [5, 5.41) is 16.0. The van der Waals surface area contributed by atoms with Crippen molar-refractivity contribution in [3.8, 4) is 0 Å². The van der Waals surface area contributed by atoms with Gasteiger partial charge in [-0.3, -0.25) is 4.79 Å². The number of nitrogens with one attached hydrogen (secondary N) is 2. The molecule has 0 aliphatic heterocycles. The van der Waals surface area contributed by atoms with Gasteiger partial charge in [-0.15, -0.1) is 24.8 Å². The average molecular weight is 422 g/mol. The molecule has 1 fully saturated rings. The predicted molar refractivity (Wildman–Crippen MR) is 113 cm³/mol. The molecule has 3 atom stereocenters. The maximum absolute atomic E-state index is 12.2. The van der Waals surface area contributed by atoms with Crippen molar-refractivity contribution in [2.45, 2.75) is 64.5 Å². The van der Waals surface area contributed by atoms with Gasteiger partial charge in [-0.25, -0.2) is 9.97 Å². The predicted octanol–water partition coefficient (Wildman–Crippen LogP) is 1.99. The Labute approximate surface area is 174 Å². The van der Waals surface area contributed by atoms with Crippen LogP contribution < -0.4 is 16.4 Å². The van der Waals surface area contributed by atoms with E-state index in [-0.39, 0.29) is 42.7 Å². The first kappa shape index (κ1) is 25.9. The number of hydrogen-bond acceptors (Lipinski definition) is 6. The molecule has 1 aromatic rings. The summed E-state index contributed by atoms with van der Waals surface area (Å²) < 4.78 is 0. The van der Waals surface area contributed by atoms with Crippen molar-refractivity contribution in [2.24, 2.45) is 11.7 Å². The average Bonchev–Trinajstić information content (AvgIpc) is 2.58. The first-order valence-corrected chi connectivity index (χ1v) is 9.29. The van der Waals surface area contributed by atoms with E-state index < -0.39 is 6.10 Å². The van der Waals surface area contributed by atoms with E-state index in [2.05, 4.69) is 27.5 Å². The zero-order valence-corrected chi connectivity index (χ0v) is 17.7. The van der Waals surface area contributed by atoms with Gasteiger partial charge in [-0.2, -0.15) is 0 Å². The van der Waals surface area contributed by atoms with E-state index in [1.165, 1.54) is 0 Å². The van der Waals surface area contributed by atoms with Gasteiger partial charge in [0.15, 0.2) is 0 Å². The van der Waals surface area contributed by atoms with Gasteiger partial charge in [0.25, 0.3) is 0 Å². The van der Waals surface area contributed by atoms with E-state index in [9.17, 15) is 9.90 Å². The second-order valence-corrected chi connectivity index (χ2v) is 6.87. The highest BCUT2D eigenvalue weighted by atomic mass is 35.5. The van der Waals surface area contributed by atoms with Gasteiger partial charge in [0.1, 0.15) is 11.6 Å². The Hall–Kier alpha value is -1.15. The summed E-state index contributed by atoms with van der Waals surface area (Å²) in [6.45, 7) is 5.23. The van der Waals surface area contributed by atoms with Crippen LogP contribution in [0.3, 0.4) is 0 Å². The van der Waals surface area contributed by atoms with Gasteiger partial charge in [0.05, 0.1) is 6.10 Å². The number of aliphatic hydroxyl groups excluding tert-OH is 1. The largest absolute Gasteiger partial charge is 0.391 e. The summed E-state index contributed by atoms with van der Waals surface area (Å²) in [6.07, 6.45) is 4.39. The Bertz CT molecular complexity index is 577. The molecule has 7 nitrogen and oxygen atoms in total. The maximum atomic E-state index is 12.2. The molecule has 0 saturated heterocycles. The van der Waals surface area contributed by atoms with Crippen molar-refractivity contribution >= 4 is 36.5 Å².